The number of rotatable bonds is 7. The highest BCUT2D eigenvalue weighted by Crippen LogP contribution is 2.11. The average Bonchev–Trinajstić information content (AvgIpc) is 2.60. The van der Waals surface area contributed by atoms with Crippen molar-refractivity contribution < 1.29 is 9.59 Å². The number of hydrogen-bond donors (Lipinski definition) is 1. The Balaban J connectivity index is 1.85. The topological polar surface area (TPSA) is 62.3 Å². The Morgan fingerprint density at radius 2 is 1.79 bits per heavy atom. The van der Waals surface area contributed by atoms with Gasteiger partial charge in [-0.1, -0.05) is 30.3 Å². The number of carbonyl (C=O) groups is 2. The summed E-state index contributed by atoms with van der Waals surface area (Å²) in [6.45, 7) is 4.35. The van der Waals surface area contributed by atoms with Crippen molar-refractivity contribution in [1.82, 2.24) is 15.2 Å². The van der Waals surface area contributed by atoms with Gasteiger partial charge in [-0.15, -0.1) is 0 Å². The van der Waals surface area contributed by atoms with Crippen LogP contribution < -0.4 is 5.32 Å². The lowest BCUT2D eigenvalue weighted by Gasteiger charge is -2.21. The highest BCUT2D eigenvalue weighted by molar-refractivity contribution is 5.78. The first-order valence-corrected chi connectivity index (χ1v) is 8.05. The summed E-state index contributed by atoms with van der Waals surface area (Å²) in [4.78, 5) is 29.6. The lowest BCUT2D eigenvalue weighted by Crippen LogP contribution is -2.34. The molecule has 2 aromatic rings. The number of pyridine rings is 1. The second kappa shape index (κ2) is 8.82. The summed E-state index contributed by atoms with van der Waals surface area (Å²) in [5, 5.41) is 2.97. The normalized spacial score (nSPS) is 11.6. The minimum Gasteiger partial charge on any atom is -0.350 e. The molecule has 5 heteroatoms. The van der Waals surface area contributed by atoms with Gasteiger partial charge in [-0.3, -0.25) is 14.6 Å². The minimum atomic E-state index is -0.0627. The monoisotopic (exact) mass is 325 g/mol. The molecule has 126 valence electrons. The number of aromatic nitrogens is 1. The van der Waals surface area contributed by atoms with Crippen LogP contribution in [-0.2, 0) is 16.1 Å². The van der Waals surface area contributed by atoms with E-state index >= 15 is 0 Å². The fraction of sp³-hybridized carbons (Fsp3) is 0.316. The van der Waals surface area contributed by atoms with Crippen molar-refractivity contribution in [2.75, 3.05) is 6.54 Å². The molecule has 1 N–H and O–H groups in total. The molecule has 0 aliphatic rings. The zero-order chi connectivity index (χ0) is 17.4. The van der Waals surface area contributed by atoms with Crippen LogP contribution in [0.1, 0.15) is 37.4 Å². The Morgan fingerprint density at radius 1 is 1.12 bits per heavy atom. The molecule has 2 amide bonds. The third-order valence-electron chi connectivity index (χ3n) is 3.85. The number of benzene rings is 1. The van der Waals surface area contributed by atoms with Gasteiger partial charge in [-0.2, -0.15) is 0 Å². The van der Waals surface area contributed by atoms with Crippen LogP contribution in [0.4, 0.5) is 0 Å². The molecule has 24 heavy (non-hydrogen) atoms. The molecule has 0 aliphatic carbocycles. The third kappa shape index (κ3) is 5.50. The molecule has 0 saturated carbocycles. The van der Waals surface area contributed by atoms with Crippen LogP contribution in [0.5, 0.6) is 0 Å². The lowest BCUT2D eigenvalue weighted by molar-refractivity contribution is -0.130. The van der Waals surface area contributed by atoms with Gasteiger partial charge in [0.25, 0.3) is 0 Å². The molecule has 0 bridgehead atoms. The van der Waals surface area contributed by atoms with Crippen LogP contribution in [0.3, 0.4) is 0 Å². The molecule has 1 unspecified atom stereocenters. The lowest BCUT2D eigenvalue weighted by atomic mass is 10.1. The van der Waals surface area contributed by atoms with Crippen molar-refractivity contribution in [3.05, 3.63) is 66.0 Å². The molecule has 0 aliphatic heterocycles. The highest BCUT2D eigenvalue weighted by Gasteiger charge is 2.14. The van der Waals surface area contributed by atoms with E-state index in [0.717, 1.165) is 11.1 Å². The largest absolute Gasteiger partial charge is 0.350 e. The molecule has 1 atom stereocenters. The molecule has 0 saturated heterocycles. The SMILES string of the molecule is CC(=O)N(CCC(=O)NC(C)c1ccccc1)Cc1ccncc1. The first kappa shape index (κ1) is 17.7. The van der Waals surface area contributed by atoms with Crippen LogP contribution in [0.15, 0.2) is 54.9 Å². The van der Waals surface area contributed by atoms with Gasteiger partial charge in [0.05, 0.1) is 6.04 Å². The summed E-state index contributed by atoms with van der Waals surface area (Å²) in [5.41, 5.74) is 2.06. The first-order valence-electron chi connectivity index (χ1n) is 8.05. The molecule has 1 aromatic heterocycles. The van der Waals surface area contributed by atoms with E-state index in [2.05, 4.69) is 10.3 Å². The van der Waals surface area contributed by atoms with Gasteiger partial charge in [0.1, 0.15) is 0 Å². The molecular weight excluding hydrogens is 302 g/mol. The third-order valence-corrected chi connectivity index (χ3v) is 3.85. The van der Waals surface area contributed by atoms with E-state index in [0.29, 0.717) is 13.1 Å². The molecule has 1 aromatic carbocycles. The summed E-state index contributed by atoms with van der Waals surface area (Å²) < 4.78 is 0. The summed E-state index contributed by atoms with van der Waals surface area (Å²) in [7, 11) is 0. The summed E-state index contributed by atoms with van der Waals surface area (Å²) >= 11 is 0. The zero-order valence-electron chi connectivity index (χ0n) is 14.1. The van der Waals surface area contributed by atoms with E-state index in [9.17, 15) is 9.59 Å². The summed E-state index contributed by atoms with van der Waals surface area (Å²) in [6.07, 6.45) is 3.67. The fourth-order valence-corrected chi connectivity index (χ4v) is 2.43. The quantitative estimate of drug-likeness (QED) is 0.851. The summed E-state index contributed by atoms with van der Waals surface area (Å²) in [6, 6.07) is 13.5. The van der Waals surface area contributed by atoms with Crippen molar-refractivity contribution in [1.29, 1.82) is 0 Å². The number of hydrogen-bond acceptors (Lipinski definition) is 3. The zero-order valence-corrected chi connectivity index (χ0v) is 14.1. The fourth-order valence-electron chi connectivity index (χ4n) is 2.43. The maximum absolute atomic E-state index is 12.1. The highest BCUT2D eigenvalue weighted by atomic mass is 16.2. The van der Waals surface area contributed by atoms with Crippen molar-refractivity contribution in [2.45, 2.75) is 32.9 Å². The van der Waals surface area contributed by atoms with E-state index in [4.69, 9.17) is 0 Å². The molecule has 1 heterocycles. The van der Waals surface area contributed by atoms with Crippen molar-refractivity contribution >= 4 is 11.8 Å². The van der Waals surface area contributed by atoms with Crippen molar-refractivity contribution in [3.63, 3.8) is 0 Å². The van der Waals surface area contributed by atoms with E-state index in [1.54, 1.807) is 17.3 Å². The van der Waals surface area contributed by atoms with Gasteiger partial charge in [-0.05, 0) is 30.2 Å². The number of nitrogens with one attached hydrogen (secondary N) is 1. The Morgan fingerprint density at radius 3 is 2.42 bits per heavy atom. The standard InChI is InChI=1S/C19H23N3O2/c1-15(18-6-4-3-5-7-18)21-19(24)10-13-22(16(2)23)14-17-8-11-20-12-9-17/h3-9,11-12,15H,10,13-14H2,1-2H3,(H,21,24). The predicted octanol–water partition coefficient (Wildman–Crippen LogP) is 2.70. The van der Waals surface area contributed by atoms with E-state index < -0.39 is 0 Å². The van der Waals surface area contributed by atoms with Crippen molar-refractivity contribution in [3.8, 4) is 0 Å². The number of carbonyl (C=O) groups excluding carboxylic acids is 2. The van der Waals surface area contributed by atoms with Gasteiger partial charge < -0.3 is 10.2 Å². The molecule has 0 fully saturated rings. The second-order valence-corrected chi connectivity index (χ2v) is 5.75. The Labute approximate surface area is 142 Å². The van der Waals surface area contributed by atoms with Crippen molar-refractivity contribution in [2.24, 2.45) is 0 Å². The van der Waals surface area contributed by atoms with Gasteiger partial charge >= 0.3 is 0 Å². The van der Waals surface area contributed by atoms with Gasteiger partial charge in [0.15, 0.2) is 0 Å². The Hall–Kier alpha value is -2.69. The van der Waals surface area contributed by atoms with Gasteiger partial charge in [-0.25, -0.2) is 0 Å². The molecule has 0 spiro atoms. The molecule has 5 nitrogen and oxygen atoms in total. The molecule has 0 radical (unpaired) electrons. The maximum Gasteiger partial charge on any atom is 0.222 e. The van der Waals surface area contributed by atoms with Crippen LogP contribution in [0, 0.1) is 0 Å². The van der Waals surface area contributed by atoms with E-state index in [1.165, 1.54) is 6.92 Å². The molecule has 2 rings (SSSR count). The summed E-state index contributed by atoms with van der Waals surface area (Å²) in [5.74, 6) is -0.108. The smallest absolute Gasteiger partial charge is 0.222 e. The van der Waals surface area contributed by atoms with E-state index in [1.807, 2.05) is 49.4 Å². The van der Waals surface area contributed by atoms with Crippen LogP contribution >= 0.6 is 0 Å². The van der Waals surface area contributed by atoms with Gasteiger partial charge in [0.2, 0.25) is 11.8 Å². The molecular formula is C19H23N3O2. The Bertz CT molecular complexity index is 659. The van der Waals surface area contributed by atoms with E-state index in [-0.39, 0.29) is 24.3 Å². The first-order chi connectivity index (χ1) is 11.6. The maximum atomic E-state index is 12.1. The number of amides is 2. The Kier molecular flexibility index (Phi) is 6.49. The average molecular weight is 325 g/mol. The van der Waals surface area contributed by atoms with Crippen LogP contribution in [0.2, 0.25) is 0 Å². The van der Waals surface area contributed by atoms with Crippen LogP contribution in [0.25, 0.3) is 0 Å². The minimum absolute atomic E-state index is 0.0456. The number of nitrogens with zero attached hydrogens (tertiary/aromatic N) is 2. The second-order valence-electron chi connectivity index (χ2n) is 5.75. The predicted molar refractivity (Wildman–Crippen MR) is 92.9 cm³/mol. The van der Waals surface area contributed by atoms with Crippen LogP contribution in [-0.4, -0.2) is 28.2 Å². The van der Waals surface area contributed by atoms with Gasteiger partial charge in [0, 0.05) is 38.8 Å².